The molecule has 120 valence electrons. The van der Waals surface area contributed by atoms with E-state index in [-0.39, 0.29) is 28.6 Å². The van der Waals surface area contributed by atoms with E-state index in [1.165, 1.54) is 5.57 Å². The first-order valence-electron chi connectivity index (χ1n) is 8.66. The number of aliphatic hydroxyl groups is 2. The van der Waals surface area contributed by atoms with Crippen molar-refractivity contribution < 1.29 is 15.0 Å². The van der Waals surface area contributed by atoms with Crippen LogP contribution in [0.2, 0.25) is 0 Å². The van der Waals surface area contributed by atoms with Crippen molar-refractivity contribution in [2.24, 2.45) is 28.6 Å². The van der Waals surface area contributed by atoms with Gasteiger partial charge in [-0.2, -0.15) is 0 Å². The van der Waals surface area contributed by atoms with Crippen LogP contribution in [0.3, 0.4) is 0 Å². The monoisotopic (exact) mass is 302 g/mol. The Morgan fingerprint density at radius 2 is 1.95 bits per heavy atom. The van der Waals surface area contributed by atoms with Gasteiger partial charge in [-0.1, -0.05) is 25.5 Å². The van der Waals surface area contributed by atoms with E-state index >= 15 is 0 Å². The number of hydrogen-bond donors (Lipinski definition) is 2. The van der Waals surface area contributed by atoms with Gasteiger partial charge in [0.05, 0.1) is 12.2 Å². The first-order chi connectivity index (χ1) is 10.4. The summed E-state index contributed by atoms with van der Waals surface area (Å²) in [5.41, 5.74) is 0.875. The van der Waals surface area contributed by atoms with Crippen LogP contribution in [-0.4, -0.2) is 28.2 Å². The molecule has 0 saturated heterocycles. The lowest BCUT2D eigenvalue weighted by molar-refractivity contribution is -0.129. The molecule has 4 aliphatic rings. The molecule has 7 atom stereocenters. The Balaban J connectivity index is 1.76. The Labute approximate surface area is 132 Å². The molecule has 3 saturated carbocycles. The number of allylic oxidation sites excluding steroid dienone is 4. The van der Waals surface area contributed by atoms with Crippen molar-refractivity contribution in [1.29, 1.82) is 0 Å². The molecule has 0 aromatic heterocycles. The maximum atomic E-state index is 11.7. The van der Waals surface area contributed by atoms with E-state index in [9.17, 15) is 15.0 Å². The van der Waals surface area contributed by atoms with Crippen LogP contribution in [0.15, 0.2) is 23.8 Å². The van der Waals surface area contributed by atoms with E-state index in [0.717, 1.165) is 25.7 Å². The molecule has 0 aliphatic heterocycles. The van der Waals surface area contributed by atoms with E-state index < -0.39 is 6.10 Å². The third-order valence-electron chi connectivity index (χ3n) is 7.44. The van der Waals surface area contributed by atoms with E-state index in [1.807, 2.05) is 6.08 Å². The van der Waals surface area contributed by atoms with Crippen molar-refractivity contribution in [3.8, 4) is 0 Å². The zero-order chi connectivity index (χ0) is 15.7. The quantitative estimate of drug-likeness (QED) is 0.723. The second kappa shape index (κ2) is 4.55. The van der Waals surface area contributed by atoms with Gasteiger partial charge < -0.3 is 10.2 Å². The van der Waals surface area contributed by atoms with Crippen LogP contribution in [0.5, 0.6) is 0 Å². The van der Waals surface area contributed by atoms with E-state index in [1.54, 1.807) is 12.2 Å². The fraction of sp³-hybridized carbons (Fsp3) is 0.737. The van der Waals surface area contributed by atoms with Gasteiger partial charge in [-0.15, -0.1) is 0 Å². The Kier molecular flexibility index (Phi) is 3.03. The number of hydrogen-bond acceptors (Lipinski definition) is 3. The maximum Gasteiger partial charge on any atom is 0.178 e. The number of ketones is 1. The molecule has 3 heteroatoms. The molecule has 4 aliphatic carbocycles. The molecular formula is C19H26O3. The molecule has 3 fully saturated rings. The molecule has 22 heavy (non-hydrogen) atoms. The number of aliphatic hydroxyl groups excluding tert-OH is 2. The van der Waals surface area contributed by atoms with Crippen molar-refractivity contribution in [3.63, 3.8) is 0 Å². The highest BCUT2D eigenvalue weighted by molar-refractivity contribution is 6.01. The third-order valence-corrected chi connectivity index (χ3v) is 7.44. The molecule has 0 radical (unpaired) electrons. The minimum atomic E-state index is -0.398. The average molecular weight is 302 g/mol. The van der Waals surface area contributed by atoms with Crippen molar-refractivity contribution in [3.05, 3.63) is 23.8 Å². The van der Waals surface area contributed by atoms with E-state index in [2.05, 4.69) is 13.8 Å². The van der Waals surface area contributed by atoms with Crippen LogP contribution >= 0.6 is 0 Å². The highest BCUT2D eigenvalue weighted by Crippen LogP contribution is 2.64. The summed E-state index contributed by atoms with van der Waals surface area (Å²) in [6.07, 6.45) is 9.44. The SMILES string of the molecule is CC12C=CC(=O)C=C1CC[C@@H]1C2C(O)CC2(C)C(O)CCC12. The van der Waals surface area contributed by atoms with Crippen LogP contribution in [-0.2, 0) is 4.79 Å². The lowest BCUT2D eigenvalue weighted by Gasteiger charge is -2.58. The molecular weight excluding hydrogens is 276 g/mol. The molecule has 3 nitrogen and oxygen atoms in total. The van der Waals surface area contributed by atoms with Gasteiger partial charge in [-0.25, -0.2) is 0 Å². The summed E-state index contributed by atoms with van der Waals surface area (Å²) in [6, 6.07) is 0. The van der Waals surface area contributed by atoms with Crippen LogP contribution in [0.4, 0.5) is 0 Å². The Hall–Kier alpha value is -0.930. The topological polar surface area (TPSA) is 57.5 Å². The number of rotatable bonds is 0. The summed E-state index contributed by atoms with van der Waals surface area (Å²) < 4.78 is 0. The molecule has 2 N–H and O–H groups in total. The first kappa shape index (κ1) is 14.6. The molecule has 0 spiro atoms. The lowest BCUT2D eigenvalue weighted by Crippen LogP contribution is -2.56. The molecule has 6 unspecified atom stereocenters. The van der Waals surface area contributed by atoms with Gasteiger partial charge in [0.2, 0.25) is 0 Å². The largest absolute Gasteiger partial charge is 0.393 e. The fourth-order valence-corrected chi connectivity index (χ4v) is 6.30. The van der Waals surface area contributed by atoms with Crippen LogP contribution in [0.1, 0.15) is 46.0 Å². The second-order valence-corrected chi connectivity index (χ2v) is 8.39. The number of carbonyl (C=O) groups excluding carboxylic acids is 1. The number of carbonyl (C=O) groups is 1. The summed E-state index contributed by atoms with van der Waals surface area (Å²) in [5.74, 6) is 1.21. The minimum Gasteiger partial charge on any atom is -0.393 e. The fourth-order valence-electron chi connectivity index (χ4n) is 6.30. The van der Waals surface area contributed by atoms with Gasteiger partial charge in [0, 0.05) is 11.3 Å². The zero-order valence-electron chi connectivity index (χ0n) is 13.5. The highest BCUT2D eigenvalue weighted by atomic mass is 16.3. The summed E-state index contributed by atoms with van der Waals surface area (Å²) in [7, 11) is 0. The van der Waals surface area contributed by atoms with Gasteiger partial charge in [0.15, 0.2) is 5.78 Å². The molecule has 0 aromatic rings. The third kappa shape index (κ3) is 1.73. The standard InChI is InChI=1S/C19H26O3/c1-18-8-7-12(20)9-11(18)3-4-13-14-5-6-16(22)19(14,2)10-15(21)17(13)18/h7-9,13-17,21-22H,3-6,10H2,1-2H3/t13-,14?,15?,16?,17?,18?,19?/m0/s1. The van der Waals surface area contributed by atoms with Crippen molar-refractivity contribution in [2.75, 3.05) is 0 Å². The number of fused-ring (bicyclic) bond motifs is 5. The molecule has 4 rings (SSSR count). The van der Waals surface area contributed by atoms with E-state index in [0.29, 0.717) is 18.3 Å². The summed E-state index contributed by atoms with van der Waals surface area (Å²) >= 11 is 0. The minimum absolute atomic E-state index is 0.0809. The lowest BCUT2D eigenvalue weighted by atomic mass is 9.47. The smallest absolute Gasteiger partial charge is 0.178 e. The molecule has 0 heterocycles. The molecule has 0 aromatic carbocycles. The Bertz CT molecular complexity index is 577. The second-order valence-electron chi connectivity index (χ2n) is 8.39. The van der Waals surface area contributed by atoms with Gasteiger partial charge in [-0.05, 0) is 61.5 Å². The Morgan fingerprint density at radius 1 is 1.18 bits per heavy atom. The predicted molar refractivity (Wildman–Crippen MR) is 84.0 cm³/mol. The normalized spacial score (nSPS) is 53.5. The van der Waals surface area contributed by atoms with Crippen molar-refractivity contribution in [1.82, 2.24) is 0 Å². The van der Waals surface area contributed by atoms with Gasteiger partial charge in [-0.3, -0.25) is 4.79 Å². The average Bonchev–Trinajstić information content (AvgIpc) is 2.75. The highest BCUT2D eigenvalue weighted by Gasteiger charge is 2.61. The summed E-state index contributed by atoms with van der Waals surface area (Å²) in [5, 5.41) is 21.4. The first-order valence-corrected chi connectivity index (χ1v) is 8.66. The Morgan fingerprint density at radius 3 is 2.73 bits per heavy atom. The van der Waals surface area contributed by atoms with Crippen LogP contribution < -0.4 is 0 Å². The molecule has 0 amide bonds. The van der Waals surface area contributed by atoms with Gasteiger partial charge in [0.25, 0.3) is 0 Å². The van der Waals surface area contributed by atoms with Crippen molar-refractivity contribution >= 4 is 5.78 Å². The molecule has 0 bridgehead atoms. The van der Waals surface area contributed by atoms with Gasteiger partial charge >= 0.3 is 0 Å². The van der Waals surface area contributed by atoms with Crippen LogP contribution in [0.25, 0.3) is 0 Å². The van der Waals surface area contributed by atoms with Gasteiger partial charge in [0.1, 0.15) is 0 Å². The predicted octanol–water partition coefficient (Wildman–Crippen LogP) is 2.63. The van der Waals surface area contributed by atoms with Crippen molar-refractivity contribution in [2.45, 2.75) is 58.2 Å². The van der Waals surface area contributed by atoms with E-state index in [4.69, 9.17) is 0 Å². The zero-order valence-corrected chi connectivity index (χ0v) is 13.5. The maximum absolute atomic E-state index is 11.7. The summed E-state index contributed by atoms with van der Waals surface area (Å²) in [4.78, 5) is 11.7. The van der Waals surface area contributed by atoms with Crippen LogP contribution in [0, 0.1) is 28.6 Å². The summed E-state index contributed by atoms with van der Waals surface area (Å²) in [6.45, 7) is 4.36.